The molecule has 0 heterocycles. The first-order chi connectivity index (χ1) is 8.06. The molecule has 96 valence electrons. The highest BCUT2D eigenvalue weighted by atomic mass is 16.6. The zero-order chi connectivity index (χ0) is 12.7. The number of rotatable bonds is 7. The van der Waals surface area contributed by atoms with Crippen LogP contribution in [0.4, 0.5) is 0 Å². The summed E-state index contributed by atoms with van der Waals surface area (Å²) in [4.78, 5) is 0. The number of aliphatic hydroxyl groups is 1. The quantitative estimate of drug-likeness (QED) is 0.566. The Labute approximate surface area is 104 Å². The smallest absolute Gasteiger partial charge is 0.191 e. The standard InChI is InChI=1S/C14H23NO2/c1-3-4-6-11-13(15)17-14(2,16)12-9-7-5-8-10-12/h5,7-10,13,16H,3-4,6,11,15H2,1-2H3. The summed E-state index contributed by atoms with van der Waals surface area (Å²) in [6, 6.07) is 9.31. The Morgan fingerprint density at radius 2 is 1.94 bits per heavy atom. The summed E-state index contributed by atoms with van der Waals surface area (Å²) in [6.07, 6.45) is 3.68. The zero-order valence-electron chi connectivity index (χ0n) is 10.7. The minimum absolute atomic E-state index is 0.420. The molecule has 3 heteroatoms. The van der Waals surface area contributed by atoms with Crippen molar-refractivity contribution in [2.75, 3.05) is 0 Å². The summed E-state index contributed by atoms with van der Waals surface area (Å²) in [5.74, 6) is -1.31. The van der Waals surface area contributed by atoms with Gasteiger partial charge in [-0.2, -0.15) is 0 Å². The molecule has 17 heavy (non-hydrogen) atoms. The van der Waals surface area contributed by atoms with Gasteiger partial charge >= 0.3 is 0 Å². The largest absolute Gasteiger partial charge is 0.362 e. The van der Waals surface area contributed by atoms with Gasteiger partial charge in [-0.3, -0.25) is 0 Å². The van der Waals surface area contributed by atoms with Crippen molar-refractivity contribution < 1.29 is 9.84 Å². The predicted octanol–water partition coefficient (Wildman–Crippen LogP) is 2.73. The summed E-state index contributed by atoms with van der Waals surface area (Å²) in [5, 5.41) is 10.2. The van der Waals surface area contributed by atoms with Crippen LogP contribution < -0.4 is 5.73 Å². The Kier molecular flexibility index (Phi) is 5.62. The van der Waals surface area contributed by atoms with E-state index >= 15 is 0 Å². The molecule has 0 aromatic heterocycles. The van der Waals surface area contributed by atoms with Gasteiger partial charge in [0.2, 0.25) is 0 Å². The van der Waals surface area contributed by atoms with Crippen molar-refractivity contribution in [3.63, 3.8) is 0 Å². The van der Waals surface area contributed by atoms with Gasteiger partial charge < -0.3 is 15.6 Å². The molecule has 1 rings (SSSR count). The van der Waals surface area contributed by atoms with E-state index in [0.717, 1.165) is 31.2 Å². The molecule has 2 unspecified atom stereocenters. The van der Waals surface area contributed by atoms with Crippen LogP contribution in [0.25, 0.3) is 0 Å². The molecule has 0 saturated carbocycles. The second-order valence-electron chi connectivity index (χ2n) is 4.50. The van der Waals surface area contributed by atoms with E-state index in [0.29, 0.717) is 0 Å². The summed E-state index contributed by atoms with van der Waals surface area (Å²) in [6.45, 7) is 3.77. The number of benzene rings is 1. The fourth-order valence-corrected chi connectivity index (χ4v) is 1.76. The SMILES string of the molecule is CCCCCC(N)OC(C)(O)c1ccccc1. The summed E-state index contributed by atoms with van der Waals surface area (Å²) in [5.41, 5.74) is 6.58. The molecule has 0 bridgehead atoms. The van der Waals surface area contributed by atoms with E-state index in [4.69, 9.17) is 10.5 Å². The molecule has 0 aliphatic carbocycles. The Bertz CT molecular complexity index is 311. The van der Waals surface area contributed by atoms with E-state index < -0.39 is 12.0 Å². The first-order valence-electron chi connectivity index (χ1n) is 6.27. The molecule has 0 aliphatic rings. The lowest BCUT2D eigenvalue weighted by Crippen LogP contribution is -2.36. The van der Waals surface area contributed by atoms with E-state index in [1.54, 1.807) is 6.92 Å². The maximum atomic E-state index is 10.2. The van der Waals surface area contributed by atoms with Gasteiger partial charge in [-0.15, -0.1) is 0 Å². The average molecular weight is 237 g/mol. The molecule has 0 spiro atoms. The van der Waals surface area contributed by atoms with Crippen LogP contribution >= 0.6 is 0 Å². The van der Waals surface area contributed by atoms with Crippen LogP contribution in [0.2, 0.25) is 0 Å². The molecule has 0 saturated heterocycles. The van der Waals surface area contributed by atoms with Crippen molar-refractivity contribution in [2.45, 2.75) is 51.5 Å². The van der Waals surface area contributed by atoms with Crippen molar-refractivity contribution >= 4 is 0 Å². The Morgan fingerprint density at radius 1 is 1.29 bits per heavy atom. The fraction of sp³-hybridized carbons (Fsp3) is 0.571. The van der Waals surface area contributed by atoms with Crippen LogP contribution in [-0.2, 0) is 10.5 Å². The second-order valence-corrected chi connectivity index (χ2v) is 4.50. The highest BCUT2D eigenvalue weighted by Gasteiger charge is 2.26. The van der Waals surface area contributed by atoms with E-state index in [2.05, 4.69) is 6.92 Å². The average Bonchev–Trinajstić information content (AvgIpc) is 2.30. The van der Waals surface area contributed by atoms with Gasteiger partial charge in [0, 0.05) is 5.56 Å². The molecule has 0 radical (unpaired) electrons. The van der Waals surface area contributed by atoms with Crippen LogP contribution in [0.15, 0.2) is 30.3 Å². The van der Waals surface area contributed by atoms with Gasteiger partial charge in [-0.25, -0.2) is 0 Å². The van der Waals surface area contributed by atoms with Gasteiger partial charge in [0.15, 0.2) is 5.79 Å². The molecule has 0 fully saturated rings. The predicted molar refractivity (Wildman–Crippen MR) is 69.2 cm³/mol. The minimum atomic E-state index is -1.31. The van der Waals surface area contributed by atoms with Crippen LogP contribution in [-0.4, -0.2) is 11.3 Å². The van der Waals surface area contributed by atoms with Gasteiger partial charge in [0.05, 0.1) is 0 Å². The van der Waals surface area contributed by atoms with E-state index in [1.165, 1.54) is 0 Å². The lowest BCUT2D eigenvalue weighted by atomic mass is 10.1. The summed E-state index contributed by atoms with van der Waals surface area (Å²) >= 11 is 0. The first-order valence-corrected chi connectivity index (χ1v) is 6.27. The molecule has 3 N–H and O–H groups in total. The van der Waals surface area contributed by atoms with Crippen LogP contribution in [0.3, 0.4) is 0 Å². The number of nitrogens with two attached hydrogens (primary N) is 1. The molecule has 0 aliphatic heterocycles. The highest BCUT2D eigenvalue weighted by molar-refractivity contribution is 5.19. The normalized spacial score (nSPS) is 16.5. The Hall–Kier alpha value is -0.900. The van der Waals surface area contributed by atoms with E-state index in [9.17, 15) is 5.11 Å². The molecule has 0 amide bonds. The zero-order valence-corrected chi connectivity index (χ0v) is 10.7. The summed E-state index contributed by atoms with van der Waals surface area (Å²) in [7, 11) is 0. The van der Waals surface area contributed by atoms with Gasteiger partial charge in [0.25, 0.3) is 0 Å². The fourth-order valence-electron chi connectivity index (χ4n) is 1.76. The van der Waals surface area contributed by atoms with Gasteiger partial charge in [-0.1, -0.05) is 50.1 Å². The molecule has 2 atom stereocenters. The summed E-state index contributed by atoms with van der Waals surface area (Å²) < 4.78 is 5.50. The Balaban J connectivity index is 2.49. The van der Waals surface area contributed by atoms with Gasteiger partial charge in [0.1, 0.15) is 6.23 Å². The highest BCUT2D eigenvalue weighted by Crippen LogP contribution is 2.23. The first kappa shape index (κ1) is 14.2. The van der Waals surface area contributed by atoms with E-state index in [-0.39, 0.29) is 0 Å². The number of unbranched alkanes of at least 4 members (excludes halogenated alkanes) is 2. The van der Waals surface area contributed by atoms with Crippen molar-refractivity contribution in [1.29, 1.82) is 0 Å². The third kappa shape index (κ3) is 4.86. The van der Waals surface area contributed by atoms with Crippen molar-refractivity contribution in [2.24, 2.45) is 5.73 Å². The number of hydrogen-bond acceptors (Lipinski definition) is 3. The molecular weight excluding hydrogens is 214 g/mol. The molecule has 3 nitrogen and oxygen atoms in total. The molecule has 1 aromatic rings. The van der Waals surface area contributed by atoms with Crippen LogP contribution in [0, 0.1) is 0 Å². The van der Waals surface area contributed by atoms with Gasteiger partial charge in [-0.05, 0) is 19.8 Å². The topological polar surface area (TPSA) is 55.5 Å². The third-order valence-corrected chi connectivity index (χ3v) is 2.78. The van der Waals surface area contributed by atoms with Crippen molar-refractivity contribution in [3.8, 4) is 0 Å². The lowest BCUT2D eigenvalue weighted by molar-refractivity contribution is -0.227. The monoisotopic (exact) mass is 237 g/mol. The van der Waals surface area contributed by atoms with Crippen molar-refractivity contribution in [3.05, 3.63) is 35.9 Å². The maximum Gasteiger partial charge on any atom is 0.191 e. The number of ether oxygens (including phenoxy) is 1. The lowest BCUT2D eigenvalue weighted by Gasteiger charge is -2.28. The van der Waals surface area contributed by atoms with Crippen molar-refractivity contribution in [1.82, 2.24) is 0 Å². The second kappa shape index (κ2) is 6.74. The molecular formula is C14H23NO2. The number of hydrogen-bond donors (Lipinski definition) is 2. The molecule has 1 aromatic carbocycles. The minimum Gasteiger partial charge on any atom is -0.362 e. The van der Waals surface area contributed by atoms with E-state index in [1.807, 2.05) is 30.3 Å². The maximum absolute atomic E-state index is 10.2. The van der Waals surface area contributed by atoms with Crippen LogP contribution in [0.5, 0.6) is 0 Å². The Morgan fingerprint density at radius 3 is 2.53 bits per heavy atom. The van der Waals surface area contributed by atoms with Crippen LogP contribution in [0.1, 0.15) is 45.1 Å². The third-order valence-electron chi connectivity index (χ3n) is 2.78.